The molecule has 3 rings (SSSR count). The van der Waals surface area contributed by atoms with Gasteiger partial charge in [0.05, 0.1) is 17.6 Å². The molecule has 2 N–H and O–H groups in total. The van der Waals surface area contributed by atoms with E-state index >= 15 is 0 Å². The third kappa shape index (κ3) is 3.42. The maximum absolute atomic E-state index is 11.8. The minimum absolute atomic E-state index is 0.115. The fourth-order valence-corrected chi connectivity index (χ4v) is 2.87. The van der Waals surface area contributed by atoms with Gasteiger partial charge in [-0.1, -0.05) is 12.1 Å². The number of para-hydroxylation sites is 1. The number of aryl methyl sites for hydroxylation is 1. The number of likely N-dealkylation sites (tertiary alicyclic amines) is 1. The van der Waals surface area contributed by atoms with E-state index in [1.807, 2.05) is 12.1 Å². The number of rotatable bonds is 5. The van der Waals surface area contributed by atoms with Crippen molar-refractivity contribution in [2.75, 3.05) is 26.2 Å². The summed E-state index contributed by atoms with van der Waals surface area (Å²) in [5.74, 6) is 1.05. The van der Waals surface area contributed by atoms with Crippen LogP contribution in [0.25, 0.3) is 11.0 Å². The Morgan fingerprint density at radius 3 is 2.95 bits per heavy atom. The van der Waals surface area contributed by atoms with Crippen LogP contribution < -0.4 is 5.32 Å². The monoisotopic (exact) mass is 286 g/mol. The summed E-state index contributed by atoms with van der Waals surface area (Å²) in [6, 6.07) is 6.12. The summed E-state index contributed by atoms with van der Waals surface area (Å²) in [4.78, 5) is 21.9. The van der Waals surface area contributed by atoms with Crippen LogP contribution in [0.3, 0.4) is 0 Å². The Hall–Kier alpha value is -1.88. The van der Waals surface area contributed by atoms with Gasteiger partial charge in [-0.15, -0.1) is 0 Å². The first-order chi connectivity index (χ1) is 10.2. The minimum Gasteiger partial charge on any atom is -0.355 e. The van der Waals surface area contributed by atoms with Gasteiger partial charge in [-0.2, -0.15) is 0 Å². The van der Waals surface area contributed by atoms with Gasteiger partial charge >= 0.3 is 0 Å². The Kier molecular flexibility index (Phi) is 4.20. The van der Waals surface area contributed by atoms with E-state index in [1.165, 1.54) is 18.4 Å². The second-order valence-electron chi connectivity index (χ2n) is 5.74. The average Bonchev–Trinajstić information content (AvgIpc) is 3.08. The molecule has 0 bridgehead atoms. The highest BCUT2D eigenvalue weighted by Crippen LogP contribution is 2.15. The number of hydrogen-bond donors (Lipinski definition) is 2. The molecule has 1 aliphatic heterocycles. The van der Waals surface area contributed by atoms with Crippen molar-refractivity contribution in [1.82, 2.24) is 20.2 Å². The highest BCUT2D eigenvalue weighted by molar-refractivity contribution is 5.79. The molecule has 1 aromatic carbocycles. The molecule has 0 aliphatic carbocycles. The highest BCUT2D eigenvalue weighted by Gasteiger charge is 2.14. The summed E-state index contributed by atoms with van der Waals surface area (Å²) in [6.45, 7) is 5.32. The minimum atomic E-state index is 0.115. The number of benzene rings is 1. The number of nitrogens with zero attached hydrogens (tertiary/aromatic N) is 2. The number of amides is 1. The molecule has 5 nitrogen and oxygen atoms in total. The van der Waals surface area contributed by atoms with Crippen LogP contribution >= 0.6 is 0 Å². The SMILES string of the molecule is Cc1cccc2[nH]c(CCNC(=O)CN3CCCC3)nc12. The van der Waals surface area contributed by atoms with Gasteiger partial charge in [-0.3, -0.25) is 9.69 Å². The zero-order valence-corrected chi connectivity index (χ0v) is 12.5. The first kappa shape index (κ1) is 14.1. The molecule has 0 radical (unpaired) electrons. The summed E-state index contributed by atoms with van der Waals surface area (Å²) in [7, 11) is 0. The van der Waals surface area contributed by atoms with Crippen molar-refractivity contribution in [2.45, 2.75) is 26.2 Å². The summed E-state index contributed by atoms with van der Waals surface area (Å²) >= 11 is 0. The van der Waals surface area contributed by atoms with Crippen molar-refractivity contribution in [1.29, 1.82) is 0 Å². The molecular weight excluding hydrogens is 264 g/mol. The number of carbonyl (C=O) groups excluding carboxylic acids is 1. The van der Waals surface area contributed by atoms with Crippen LogP contribution in [0.2, 0.25) is 0 Å². The molecule has 21 heavy (non-hydrogen) atoms. The molecule has 1 aromatic heterocycles. The van der Waals surface area contributed by atoms with E-state index in [1.54, 1.807) is 0 Å². The normalized spacial score (nSPS) is 15.7. The molecule has 0 spiro atoms. The lowest BCUT2D eigenvalue weighted by Crippen LogP contribution is -2.36. The van der Waals surface area contributed by atoms with E-state index in [-0.39, 0.29) is 5.91 Å². The number of aromatic amines is 1. The van der Waals surface area contributed by atoms with Crippen molar-refractivity contribution < 1.29 is 4.79 Å². The van der Waals surface area contributed by atoms with Crippen molar-refractivity contribution in [3.05, 3.63) is 29.6 Å². The average molecular weight is 286 g/mol. The predicted molar refractivity (Wildman–Crippen MR) is 83.2 cm³/mol. The smallest absolute Gasteiger partial charge is 0.234 e. The molecule has 2 heterocycles. The molecular formula is C16H22N4O. The Bertz CT molecular complexity index is 628. The van der Waals surface area contributed by atoms with E-state index in [0.29, 0.717) is 13.1 Å². The lowest BCUT2D eigenvalue weighted by molar-refractivity contribution is -0.121. The van der Waals surface area contributed by atoms with Crippen molar-refractivity contribution in [3.63, 3.8) is 0 Å². The number of imidazole rings is 1. The summed E-state index contributed by atoms with van der Waals surface area (Å²) in [6.07, 6.45) is 3.16. The van der Waals surface area contributed by atoms with Gasteiger partial charge in [-0.05, 0) is 44.5 Å². The molecule has 1 amide bonds. The summed E-state index contributed by atoms with van der Waals surface area (Å²) < 4.78 is 0. The van der Waals surface area contributed by atoms with Crippen LogP contribution in [0, 0.1) is 6.92 Å². The Balaban J connectivity index is 1.49. The van der Waals surface area contributed by atoms with Gasteiger partial charge < -0.3 is 10.3 Å². The van der Waals surface area contributed by atoms with Gasteiger partial charge in [0, 0.05) is 13.0 Å². The Labute approximate surface area is 124 Å². The largest absolute Gasteiger partial charge is 0.355 e. The van der Waals surface area contributed by atoms with Crippen LogP contribution in [-0.2, 0) is 11.2 Å². The third-order valence-corrected chi connectivity index (χ3v) is 4.01. The van der Waals surface area contributed by atoms with Crippen LogP contribution in [0.15, 0.2) is 18.2 Å². The van der Waals surface area contributed by atoms with Crippen molar-refractivity contribution in [2.24, 2.45) is 0 Å². The van der Waals surface area contributed by atoms with Gasteiger partial charge in [0.2, 0.25) is 5.91 Å². The molecule has 1 saturated heterocycles. The van der Waals surface area contributed by atoms with Crippen LogP contribution in [0.4, 0.5) is 0 Å². The fraction of sp³-hybridized carbons (Fsp3) is 0.500. The maximum atomic E-state index is 11.8. The highest BCUT2D eigenvalue weighted by atomic mass is 16.2. The van der Waals surface area contributed by atoms with Crippen molar-refractivity contribution in [3.8, 4) is 0 Å². The summed E-state index contributed by atoms with van der Waals surface area (Å²) in [5.41, 5.74) is 3.26. The molecule has 0 unspecified atom stereocenters. The van der Waals surface area contributed by atoms with Gasteiger partial charge in [-0.25, -0.2) is 4.98 Å². The van der Waals surface area contributed by atoms with E-state index in [0.717, 1.165) is 36.4 Å². The molecule has 0 atom stereocenters. The Morgan fingerprint density at radius 1 is 1.38 bits per heavy atom. The van der Waals surface area contributed by atoms with Crippen LogP contribution in [0.5, 0.6) is 0 Å². The second-order valence-corrected chi connectivity index (χ2v) is 5.74. The quantitative estimate of drug-likeness (QED) is 0.878. The summed E-state index contributed by atoms with van der Waals surface area (Å²) in [5, 5.41) is 2.98. The van der Waals surface area contributed by atoms with E-state index in [9.17, 15) is 4.79 Å². The third-order valence-electron chi connectivity index (χ3n) is 4.01. The first-order valence-electron chi connectivity index (χ1n) is 7.65. The number of hydrogen-bond acceptors (Lipinski definition) is 3. The lowest BCUT2D eigenvalue weighted by atomic mass is 10.2. The van der Waals surface area contributed by atoms with Gasteiger partial charge in [0.15, 0.2) is 0 Å². The standard InChI is InChI=1S/C16H22N4O/c1-12-5-4-6-13-16(12)19-14(18-13)7-8-17-15(21)11-20-9-2-3-10-20/h4-6H,2-3,7-11H2,1H3,(H,17,21)(H,18,19). The number of H-pyrrole nitrogens is 1. The molecule has 112 valence electrons. The predicted octanol–water partition coefficient (Wildman–Crippen LogP) is 1.63. The molecule has 2 aromatic rings. The number of aromatic nitrogens is 2. The van der Waals surface area contributed by atoms with E-state index in [2.05, 4.69) is 33.2 Å². The van der Waals surface area contributed by atoms with Crippen LogP contribution in [0.1, 0.15) is 24.2 Å². The number of carbonyl (C=O) groups is 1. The molecule has 1 aliphatic rings. The van der Waals surface area contributed by atoms with Gasteiger partial charge in [0.25, 0.3) is 0 Å². The van der Waals surface area contributed by atoms with E-state index in [4.69, 9.17) is 0 Å². The van der Waals surface area contributed by atoms with Crippen LogP contribution in [-0.4, -0.2) is 47.0 Å². The lowest BCUT2D eigenvalue weighted by Gasteiger charge is -2.13. The van der Waals surface area contributed by atoms with Gasteiger partial charge in [0.1, 0.15) is 5.82 Å². The Morgan fingerprint density at radius 2 is 2.19 bits per heavy atom. The topological polar surface area (TPSA) is 61.0 Å². The fourth-order valence-electron chi connectivity index (χ4n) is 2.87. The number of nitrogens with one attached hydrogen (secondary N) is 2. The first-order valence-corrected chi connectivity index (χ1v) is 7.65. The molecule has 0 saturated carbocycles. The number of fused-ring (bicyclic) bond motifs is 1. The molecule has 1 fully saturated rings. The maximum Gasteiger partial charge on any atom is 0.234 e. The molecule has 5 heteroatoms. The zero-order chi connectivity index (χ0) is 14.7. The van der Waals surface area contributed by atoms with E-state index < -0.39 is 0 Å². The van der Waals surface area contributed by atoms with Crippen molar-refractivity contribution >= 4 is 16.9 Å². The second kappa shape index (κ2) is 6.26. The zero-order valence-electron chi connectivity index (χ0n) is 12.5.